The quantitative estimate of drug-likeness (QED) is 0.525. The first-order valence-corrected chi connectivity index (χ1v) is 9.71. The number of nitrogens with one attached hydrogen (secondary N) is 2. The Labute approximate surface area is 161 Å². The summed E-state index contributed by atoms with van der Waals surface area (Å²) in [6.45, 7) is 1.88. The zero-order valence-corrected chi connectivity index (χ0v) is 16.0. The third-order valence-corrected chi connectivity index (χ3v) is 4.42. The molecule has 0 aromatic heterocycles. The van der Waals surface area contributed by atoms with E-state index in [0.717, 1.165) is 5.56 Å². The van der Waals surface area contributed by atoms with Gasteiger partial charge in [0.25, 0.3) is 5.91 Å². The van der Waals surface area contributed by atoms with Gasteiger partial charge in [0.1, 0.15) is 6.04 Å². The Hall–Kier alpha value is -2.62. The number of thioether (sulfide) groups is 1. The van der Waals surface area contributed by atoms with Crippen LogP contribution in [0.1, 0.15) is 18.9 Å². The highest BCUT2D eigenvalue weighted by Crippen LogP contribution is 2.32. The number of rotatable bonds is 9. The van der Waals surface area contributed by atoms with Crippen LogP contribution in [0.5, 0.6) is 11.5 Å². The maximum absolute atomic E-state index is 12.2. The molecule has 27 heavy (non-hydrogen) atoms. The van der Waals surface area contributed by atoms with E-state index < -0.39 is 30.1 Å². The molecule has 1 aliphatic rings. The highest BCUT2D eigenvalue weighted by molar-refractivity contribution is 7.98. The standard InChI is InChI=1S/C17H23N3O6S/c1-10(26-16(22)12(5-6-27-2)20-17(18)23)15(21)19-8-11-3-4-13-14(7-11)25-9-24-13/h3-4,7,10,12H,5-6,8-9H2,1-2H3,(H,19,21)(H3,18,20,23)/t10-,12-/m1/s1. The summed E-state index contributed by atoms with van der Waals surface area (Å²) in [5, 5.41) is 5.02. The van der Waals surface area contributed by atoms with Crippen LogP contribution in [0.15, 0.2) is 18.2 Å². The molecule has 0 saturated heterocycles. The highest BCUT2D eigenvalue weighted by Gasteiger charge is 2.25. The van der Waals surface area contributed by atoms with Crippen LogP contribution in [-0.4, -0.2) is 48.9 Å². The molecule has 2 rings (SSSR count). The molecule has 0 aliphatic carbocycles. The third-order valence-electron chi connectivity index (χ3n) is 3.78. The number of benzene rings is 1. The number of fused-ring (bicyclic) bond motifs is 1. The van der Waals surface area contributed by atoms with Crippen molar-refractivity contribution < 1.29 is 28.6 Å². The van der Waals surface area contributed by atoms with Gasteiger partial charge in [-0.15, -0.1) is 0 Å². The van der Waals surface area contributed by atoms with Gasteiger partial charge in [-0.2, -0.15) is 11.8 Å². The van der Waals surface area contributed by atoms with Crippen LogP contribution in [0.25, 0.3) is 0 Å². The Morgan fingerprint density at radius 3 is 2.74 bits per heavy atom. The Bertz CT molecular complexity index is 699. The molecule has 1 heterocycles. The first-order valence-electron chi connectivity index (χ1n) is 8.32. The fourth-order valence-corrected chi connectivity index (χ4v) is 2.82. The maximum atomic E-state index is 12.2. The van der Waals surface area contributed by atoms with Crippen molar-refractivity contribution in [2.75, 3.05) is 18.8 Å². The Morgan fingerprint density at radius 2 is 2.04 bits per heavy atom. The number of amides is 3. The predicted molar refractivity (Wildman–Crippen MR) is 99.5 cm³/mol. The van der Waals surface area contributed by atoms with Gasteiger partial charge in [0.15, 0.2) is 17.6 Å². The predicted octanol–water partition coefficient (Wildman–Crippen LogP) is 0.753. The van der Waals surface area contributed by atoms with Crippen molar-refractivity contribution in [2.45, 2.75) is 32.0 Å². The van der Waals surface area contributed by atoms with Crippen LogP contribution in [-0.2, 0) is 20.9 Å². The zero-order valence-electron chi connectivity index (χ0n) is 15.2. The molecular formula is C17H23N3O6S. The van der Waals surface area contributed by atoms with Crippen molar-refractivity contribution in [1.29, 1.82) is 0 Å². The van der Waals surface area contributed by atoms with E-state index in [2.05, 4.69) is 10.6 Å². The van der Waals surface area contributed by atoms with Crippen LogP contribution in [0.3, 0.4) is 0 Å². The summed E-state index contributed by atoms with van der Waals surface area (Å²) >= 11 is 1.52. The molecule has 0 bridgehead atoms. The van der Waals surface area contributed by atoms with E-state index in [1.54, 1.807) is 18.2 Å². The maximum Gasteiger partial charge on any atom is 0.329 e. The molecule has 148 valence electrons. The summed E-state index contributed by atoms with van der Waals surface area (Å²) < 4.78 is 15.7. The van der Waals surface area contributed by atoms with Gasteiger partial charge in [-0.25, -0.2) is 9.59 Å². The molecule has 0 unspecified atom stereocenters. The van der Waals surface area contributed by atoms with E-state index in [9.17, 15) is 14.4 Å². The normalized spacial score (nSPS) is 14.1. The van der Waals surface area contributed by atoms with Gasteiger partial charge in [0.2, 0.25) is 6.79 Å². The summed E-state index contributed by atoms with van der Waals surface area (Å²) in [6, 6.07) is 3.63. The van der Waals surface area contributed by atoms with Crippen LogP contribution in [0.4, 0.5) is 4.79 Å². The number of carbonyl (C=O) groups is 3. The molecule has 2 atom stereocenters. The summed E-state index contributed by atoms with van der Waals surface area (Å²) in [7, 11) is 0. The van der Waals surface area contributed by atoms with Crippen molar-refractivity contribution in [2.24, 2.45) is 5.73 Å². The Balaban J connectivity index is 1.84. The number of primary amides is 1. The average Bonchev–Trinajstić information content (AvgIpc) is 3.10. The van der Waals surface area contributed by atoms with E-state index >= 15 is 0 Å². The smallest absolute Gasteiger partial charge is 0.329 e. The lowest BCUT2D eigenvalue weighted by Crippen LogP contribution is -2.47. The summed E-state index contributed by atoms with van der Waals surface area (Å²) in [5.74, 6) is 0.753. The summed E-state index contributed by atoms with van der Waals surface area (Å²) in [5.41, 5.74) is 5.90. The second kappa shape index (κ2) is 9.91. The van der Waals surface area contributed by atoms with E-state index in [1.807, 2.05) is 6.26 Å². The molecular weight excluding hydrogens is 374 g/mol. The lowest BCUT2D eigenvalue weighted by Gasteiger charge is -2.19. The largest absolute Gasteiger partial charge is 0.454 e. The van der Waals surface area contributed by atoms with Crippen molar-refractivity contribution in [3.8, 4) is 11.5 Å². The number of hydrogen-bond donors (Lipinski definition) is 3. The first kappa shape index (κ1) is 20.7. The molecule has 0 fully saturated rings. The van der Waals surface area contributed by atoms with Crippen LogP contribution in [0.2, 0.25) is 0 Å². The van der Waals surface area contributed by atoms with Crippen LogP contribution < -0.4 is 25.8 Å². The van der Waals surface area contributed by atoms with E-state index in [4.69, 9.17) is 19.9 Å². The SMILES string of the molecule is CSCC[C@@H](NC(N)=O)C(=O)O[C@H](C)C(=O)NCc1ccc2c(c1)OCO2. The molecule has 0 saturated carbocycles. The molecule has 1 aromatic carbocycles. The minimum absolute atomic E-state index is 0.176. The van der Waals surface area contributed by atoms with E-state index in [0.29, 0.717) is 23.7 Å². The Kier molecular flexibility index (Phi) is 7.59. The number of urea groups is 1. The topological polar surface area (TPSA) is 129 Å². The van der Waals surface area contributed by atoms with Crippen LogP contribution in [0, 0.1) is 0 Å². The van der Waals surface area contributed by atoms with Crippen molar-refractivity contribution in [3.05, 3.63) is 23.8 Å². The molecule has 4 N–H and O–H groups in total. The molecule has 0 spiro atoms. The summed E-state index contributed by atoms with van der Waals surface area (Å²) in [6.07, 6.45) is 1.21. The minimum atomic E-state index is -1.02. The van der Waals surface area contributed by atoms with Gasteiger partial charge in [-0.1, -0.05) is 6.07 Å². The molecule has 9 nitrogen and oxygen atoms in total. The minimum Gasteiger partial charge on any atom is -0.454 e. The molecule has 1 aromatic rings. The van der Waals surface area contributed by atoms with Gasteiger partial charge in [-0.3, -0.25) is 4.79 Å². The lowest BCUT2D eigenvalue weighted by atomic mass is 10.2. The van der Waals surface area contributed by atoms with Gasteiger partial charge in [0.05, 0.1) is 0 Å². The number of esters is 1. The molecule has 0 radical (unpaired) electrons. The Morgan fingerprint density at radius 1 is 1.30 bits per heavy atom. The van der Waals surface area contributed by atoms with Gasteiger partial charge in [-0.05, 0) is 43.0 Å². The fraction of sp³-hybridized carbons (Fsp3) is 0.471. The van der Waals surface area contributed by atoms with Crippen LogP contribution >= 0.6 is 11.8 Å². The number of carbonyl (C=O) groups excluding carboxylic acids is 3. The second-order valence-corrected chi connectivity index (χ2v) is 6.81. The number of ether oxygens (including phenoxy) is 3. The monoisotopic (exact) mass is 397 g/mol. The first-order chi connectivity index (χ1) is 12.9. The van der Waals surface area contributed by atoms with Crippen molar-refractivity contribution in [3.63, 3.8) is 0 Å². The zero-order chi connectivity index (χ0) is 19.8. The molecule has 10 heteroatoms. The average molecular weight is 397 g/mol. The third kappa shape index (κ3) is 6.24. The number of nitrogens with two attached hydrogens (primary N) is 1. The van der Waals surface area contributed by atoms with Crippen molar-refractivity contribution >= 4 is 29.7 Å². The fourth-order valence-electron chi connectivity index (χ4n) is 2.35. The lowest BCUT2D eigenvalue weighted by molar-refractivity contribution is -0.156. The summed E-state index contributed by atoms with van der Waals surface area (Å²) in [4.78, 5) is 35.4. The van der Waals surface area contributed by atoms with E-state index in [1.165, 1.54) is 18.7 Å². The van der Waals surface area contributed by atoms with E-state index in [-0.39, 0.29) is 13.3 Å². The second-order valence-electron chi connectivity index (χ2n) is 5.83. The number of hydrogen-bond acceptors (Lipinski definition) is 7. The van der Waals surface area contributed by atoms with Crippen molar-refractivity contribution in [1.82, 2.24) is 10.6 Å². The van der Waals surface area contributed by atoms with Gasteiger partial charge >= 0.3 is 12.0 Å². The molecule has 1 aliphatic heterocycles. The van der Waals surface area contributed by atoms with Gasteiger partial charge in [0, 0.05) is 6.54 Å². The van der Waals surface area contributed by atoms with Gasteiger partial charge < -0.3 is 30.6 Å². The molecule has 3 amide bonds. The highest BCUT2D eigenvalue weighted by atomic mass is 32.2.